The fourth-order valence-corrected chi connectivity index (χ4v) is 2.78. The van der Waals surface area contributed by atoms with E-state index in [1.54, 1.807) is 12.1 Å². The summed E-state index contributed by atoms with van der Waals surface area (Å²) < 4.78 is 11.7. The van der Waals surface area contributed by atoms with Crippen LogP contribution in [-0.4, -0.2) is 44.9 Å². The Balaban J connectivity index is 2.07. The monoisotopic (exact) mass is 292 g/mol. The molecule has 21 heavy (non-hydrogen) atoms. The van der Waals surface area contributed by atoms with Crippen molar-refractivity contribution >= 4 is 5.97 Å². The van der Waals surface area contributed by atoms with Crippen LogP contribution in [0, 0.1) is 5.92 Å². The zero-order valence-electron chi connectivity index (χ0n) is 13.4. The Bertz CT molecular complexity index is 470. The summed E-state index contributed by atoms with van der Waals surface area (Å²) in [6, 6.07) is 9.18. The molecule has 0 spiro atoms. The largest absolute Gasteiger partial charge is 0.458 e. The van der Waals surface area contributed by atoms with Crippen LogP contribution in [0.25, 0.3) is 0 Å². The van der Waals surface area contributed by atoms with Gasteiger partial charge in [-0.2, -0.15) is 0 Å². The topological polar surface area (TPSA) is 40.0 Å². The van der Waals surface area contributed by atoms with E-state index >= 15 is 0 Å². The first-order valence-electron chi connectivity index (χ1n) is 7.56. The van der Waals surface area contributed by atoms with Crippen molar-refractivity contribution in [1.82, 2.24) is 0 Å². The molecule has 0 amide bonds. The number of hydrogen-bond donors (Lipinski definition) is 1. The van der Waals surface area contributed by atoms with Crippen LogP contribution in [0.2, 0.25) is 0 Å². The van der Waals surface area contributed by atoms with E-state index in [2.05, 4.69) is 27.9 Å². The molecule has 1 saturated heterocycles. The summed E-state index contributed by atoms with van der Waals surface area (Å²) in [4.78, 5) is 13.6. The van der Waals surface area contributed by atoms with Gasteiger partial charge in [0.25, 0.3) is 0 Å². The molecule has 1 aliphatic heterocycles. The van der Waals surface area contributed by atoms with Crippen LogP contribution in [0.1, 0.15) is 30.6 Å². The first-order valence-corrected chi connectivity index (χ1v) is 7.56. The highest BCUT2D eigenvalue weighted by atomic mass is 16.6. The minimum Gasteiger partial charge on any atom is -0.458 e. The third-order valence-electron chi connectivity index (χ3n) is 3.85. The number of nitrogens with one attached hydrogen (secondary N) is 1. The molecule has 1 heterocycles. The van der Waals surface area contributed by atoms with Gasteiger partial charge in [0.1, 0.15) is 6.10 Å². The Morgan fingerprint density at radius 1 is 1.33 bits per heavy atom. The molecule has 2 rings (SSSR count). The van der Waals surface area contributed by atoms with Crippen LogP contribution in [0.5, 0.6) is 0 Å². The molecule has 116 valence electrons. The third-order valence-corrected chi connectivity index (χ3v) is 3.85. The van der Waals surface area contributed by atoms with Crippen molar-refractivity contribution in [2.24, 2.45) is 5.92 Å². The van der Waals surface area contributed by atoms with Gasteiger partial charge in [-0.25, -0.2) is 4.79 Å². The Morgan fingerprint density at radius 3 is 2.62 bits per heavy atom. The van der Waals surface area contributed by atoms with Gasteiger partial charge in [-0.05, 0) is 26.0 Å². The number of rotatable bonds is 4. The van der Waals surface area contributed by atoms with Crippen LogP contribution >= 0.6 is 0 Å². The zero-order valence-corrected chi connectivity index (χ0v) is 13.4. The standard InChI is InChI=1S/C17H25NO3/c1-17(2)10-15(14(12-20-17)11-18(3)4)21-16(19)13-8-6-5-7-9-13/h5-9,14-15H,10-12H2,1-4H3/p+1/t14-,15-/m0/s1. The van der Waals surface area contributed by atoms with Crippen molar-refractivity contribution in [2.45, 2.75) is 32.0 Å². The molecular formula is C17H26NO3+. The zero-order chi connectivity index (χ0) is 15.5. The normalized spacial score (nSPS) is 24.8. The molecular weight excluding hydrogens is 266 g/mol. The number of quaternary nitrogens is 1. The first kappa shape index (κ1) is 16.0. The van der Waals surface area contributed by atoms with Gasteiger partial charge in [0, 0.05) is 6.42 Å². The van der Waals surface area contributed by atoms with Crippen LogP contribution in [0.3, 0.4) is 0 Å². The van der Waals surface area contributed by atoms with Gasteiger partial charge in [-0.3, -0.25) is 0 Å². The highest BCUT2D eigenvalue weighted by Gasteiger charge is 2.39. The second kappa shape index (κ2) is 6.58. The van der Waals surface area contributed by atoms with E-state index in [0.29, 0.717) is 12.2 Å². The summed E-state index contributed by atoms with van der Waals surface area (Å²) in [5.41, 5.74) is 0.373. The maximum Gasteiger partial charge on any atom is 0.338 e. The summed E-state index contributed by atoms with van der Waals surface area (Å²) in [5, 5.41) is 0. The maximum absolute atomic E-state index is 12.3. The van der Waals surface area contributed by atoms with Gasteiger partial charge in [-0.1, -0.05) is 18.2 Å². The van der Waals surface area contributed by atoms with E-state index in [1.807, 2.05) is 18.2 Å². The van der Waals surface area contributed by atoms with Gasteiger partial charge in [0.2, 0.25) is 0 Å². The van der Waals surface area contributed by atoms with Gasteiger partial charge in [0.15, 0.2) is 0 Å². The van der Waals surface area contributed by atoms with Crippen molar-refractivity contribution < 1.29 is 19.2 Å². The van der Waals surface area contributed by atoms with E-state index < -0.39 is 0 Å². The van der Waals surface area contributed by atoms with Gasteiger partial charge in [0.05, 0.1) is 44.3 Å². The van der Waals surface area contributed by atoms with E-state index in [9.17, 15) is 4.79 Å². The van der Waals surface area contributed by atoms with Crippen molar-refractivity contribution in [3.05, 3.63) is 35.9 Å². The number of carbonyl (C=O) groups excluding carboxylic acids is 1. The van der Waals surface area contributed by atoms with E-state index in [0.717, 1.165) is 13.0 Å². The lowest BCUT2D eigenvalue weighted by molar-refractivity contribution is -0.863. The lowest BCUT2D eigenvalue weighted by Crippen LogP contribution is -3.07. The Hall–Kier alpha value is -1.39. The Labute approximate surface area is 127 Å². The molecule has 0 unspecified atom stereocenters. The number of hydrogen-bond acceptors (Lipinski definition) is 3. The fourth-order valence-electron chi connectivity index (χ4n) is 2.78. The molecule has 0 aromatic heterocycles. The summed E-state index contributed by atoms with van der Waals surface area (Å²) in [5.74, 6) is 0.00717. The SMILES string of the molecule is C[NH+](C)C[C@H]1COC(C)(C)C[C@@H]1OC(=O)c1ccccc1. The number of benzene rings is 1. The van der Waals surface area contributed by atoms with Crippen molar-refractivity contribution in [1.29, 1.82) is 0 Å². The lowest BCUT2D eigenvalue weighted by Gasteiger charge is -2.40. The number of ether oxygens (including phenoxy) is 2. The quantitative estimate of drug-likeness (QED) is 0.847. The molecule has 1 aromatic carbocycles. The predicted molar refractivity (Wildman–Crippen MR) is 81.5 cm³/mol. The minimum atomic E-state index is -0.239. The Morgan fingerprint density at radius 2 is 2.00 bits per heavy atom. The second-order valence-corrected chi connectivity index (χ2v) is 6.76. The molecule has 0 saturated carbocycles. The van der Waals surface area contributed by atoms with Gasteiger partial charge >= 0.3 is 5.97 Å². The summed E-state index contributed by atoms with van der Waals surface area (Å²) in [6.07, 6.45) is 0.653. The summed E-state index contributed by atoms with van der Waals surface area (Å²) in [6.45, 7) is 5.68. The number of carbonyl (C=O) groups is 1. The summed E-state index contributed by atoms with van der Waals surface area (Å²) >= 11 is 0. The predicted octanol–water partition coefficient (Wildman–Crippen LogP) is 1.17. The smallest absolute Gasteiger partial charge is 0.338 e. The van der Waals surface area contributed by atoms with Gasteiger partial charge < -0.3 is 14.4 Å². The molecule has 0 radical (unpaired) electrons. The molecule has 1 N–H and O–H groups in total. The molecule has 1 fully saturated rings. The van der Waals surface area contributed by atoms with Crippen LogP contribution in [0.4, 0.5) is 0 Å². The summed E-state index contributed by atoms with van der Waals surface area (Å²) in [7, 11) is 4.21. The van der Waals surface area contributed by atoms with Crippen molar-refractivity contribution in [3.8, 4) is 0 Å². The highest BCUT2D eigenvalue weighted by molar-refractivity contribution is 5.89. The van der Waals surface area contributed by atoms with E-state index in [1.165, 1.54) is 4.90 Å². The van der Waals surface area contributed by atoms with Crippen LogP contribution < -0.4 is 4.90 Å². The molecule has 2 atom stereocenters. The first-order chi connectivity index (χ1) is 9.87. The van der Waals surface area contributed by atoms with E-state index in [-0.39, 0.29) is 23.6 Å². The molecule has 0 aliphatic carbocycles. The average Bonchev–Trinajstić information content (AvgIpc) is 2.42. The molecule has 4 heteroatoms. The molecule has 0 bridgehead atoms. The van der Waals surface area contributed by atoms with Crippen molar-refractivity contribution in [2.75, 3.05) is 27.2 Å². The number of esters is 1. The van der Waals surface area contributed by atoms with Crippen LogP contribution in [-0.2, 0) is 9.47 Å². The average molecular weight is 292 g/mol. The third kappa shape index (κ3) is 4.55. The van der Waals surface area contributed by atoms with Gasteiger partial charge in [-0.15, -0.1) is 0 Å². The fraction of sp³-hybridized carbons (Fsp3) is 0.588. The maximum atomic E-state index is 12.3. The lowest BCUT2D eigenvalue weighted by atomic mass is 9.88. The van der Waals surface area contributed by atoms with Crippen molar-refractivity contribution in [3.63, 3.8) is 0 Å². The molecule has 1 aliphatic rings. The van der Waals surface area contributed by atoms with E-state index in [4.69, 9.17) is 9.47 Å². The second-order valence-electron chi connectivity index (χ2n) is 6.76. The minimum absolute atomic E-state index is 0.0867. The Kier molecular flexibility index (Phi) is 5.01. The van der Waals surface area contributed by atoms with Crippen LogP contribution in [0.15, 0.2) is 30.3 Å². The highest BCUT2D eigenvalue weighted by Crippen LogP contribution is 2.29. The molecule has 4 nitrogen and oxygen atoms in total. The molecule has 1 aromatic rings.